The molecule has 3 aromatic carbocycles. The summed E-state index contributed by atoms with van der Waals surface area (Å²) in [7, 11) is 0. The van der Waals surface area contributed by atoms with E-state index in [9.17, 15) is 5.11 Å². The van der Waals surface area contributed by atoms with E-state index in [2.05, 4.69) is 12.1 Å². The molecule has 3 heteroatoms. The summed E-state index contributed by atoms with van der Waals surface area (Å²) in [5.74, 6) is 2.12. The third-order valence-corrected chi connectivity index (χ3v) is 4.01. The zero-order valence-corrected chi connectivity index (χ0v) is 13.4. The normalized spacial score (nSPS) is 11.9. The third-order valence-electron chi connectivity index (χ3n) is 4.01. The van der Waals surface area contributed by atoms with Crippen molar-refractivity contribution in [3.63, 3.8) is 0 Å². The van der Waals surface area contributed by atoms with Crippen LogP contribution in [-0.2, 0) is 6.42 Å². The van der Waals surface area contributed by atoms with Crippen molar-refractivity contribution in [2.75, 3.05) is 6.54 Å². The van der Waals surface area contributed by atoms with Crippen molar-refractivity contribution in [2.45, 2.75) is 12.3 Å². The molecule has 3 aromatic rings. The monoisotopic (exact) mass is 319 g/mol. The largest absolute Gasteiger partial charge is 0.508 e. The van der Waals surface area contributed by atoms with Crippen LogP contribution in [-0.4, -0.2) is 11.7 Å². The van der Waals surface area contributed by atoms with Gasteiger partial charge in [-0.15, -0.1) is 0 Å². The fourth-order valence-corrected chi connectivity index (χ4v) is 2.73. The van der Waals surface area contributed by atoms with E-state index in [4.69, 9.17) is 10.5 Å². The lowest BCUT2D eigenvalue weighted by Crippen LogP contribution is -2.15. The molecule has 3 rings (SSSR count). The zero-order valence-electron chi connectivity index (χ0n) is 13.4. The molecule has 0 saturated carbocycles. The van der Waals surface area contributed by atoms with Crippen LogP contribution in [0, 0.1) is 0 Å². The molecule has 1 atom stereocenters. The maximum atomic E-state index is 9.43. The highest BCUT2D eigenvalue weighted by molar-refractivity contribution is 5.35. The van der Waals surface area contributed by atoms with Crippen molar-refractivity contribution < 1.29 is 9.84 Å². The van der Waals surface area contributed by atoms with Gasteiger partial charge in [0.2, 0.25) is 0 Å². The fraction of sp³-hybridized carbons (Fsp3) is 0.143. The first-order chi connectivity index (χ1) is 11.7. The van der Waals surface area contributed by atoms with E-state index >= 15 is 0 Å². The molecule has 122 valence electrons. The molecular formula is C21H21NO2. The van der Waals surface area contributed by atoms with Crippen molar-refractivity contribution in [3.05, 3.63) is 90.0 Å². The molecule has 0 aliphatic heterocycles. The van der Waals surface area contributed by atoms with Gasteiger partial charge >= 0.3 is 0 Å². The Labute approximate surface area is 142 Å². The number of hydrogen-bond donors (Lipinski definition) is 2. The van der Waals surface area contributed by atoms with Gasteiger partial charge in [-0.1, -0.05) is 42.5 Å². The number of phenolic OH excluding ortho intramolecular Hbond substituents is 1. The maximum Gasteiger partial charge on any atom is 0.127 e. The second kappa shape index (κ2) is 7.66. The molecular weight excluding hydrogens is 298 g/mol. The first-order valence-corrected chi connectivity index (χ1v) is 8.05. The predicted molar refractivity (Wildman–Crippen MR) is 96.6 cm³/mol. The molecule has 0 spiro atoms. The number of para-hydroxylation sites is 1. The Balaban J connectivity index is 1.74. The van der Waals surface area contributed by atoms with Crippen LogP contribution in [0.4, 0.5) is 0 Å². The van der Waals surface area contributed by atoms with E-state index in [0.29, 0.717) is 6.54 Å². The third kappa shape index (κ3) is 4.15. The van der Waals surface area contributed by atoms with Gasteiger partial charge < -0.3 is 15.6 Å². The van der Waals surface area contributed by atoms with Crippen LogP contribution in [0.3, 0.4) is 0 Å². The van der Waals surface area contributed by atoms with Gasteiger partial charge in [0.25, 0.3) is 0 Å². The summed E-state index contributed by atoms with van der Waals surface area (Å²) >= 11 is 0. The quantitative estimate of drug-likeness (QED) is 0.705. The molecule has 0 aliphatic carbocycles. The van der Waals surface area contributed by atoms with Crippen LogP contribution in [0.25, 0.3) is 0 Å². The van der Waals surface area contributed by atoms with Gasteiger partial charge in [0, 0.05) is 5.92 Å². The van der Waals surface area contributed by atoms with Gasteiger partial charge in [-0.25, -0.2) is 0 Å². The van der Waals surface area contributed by atoms with Crippen molar-refractivity contribution >= 4 is 0 Å². The molecule has 0 bridgehead atoms. The average Bonchev–Trinajstić information content (AvgIpc) is 2.62. The minimum absolute atomic E-state index is 0.206. The molecule has 0 radical (unpaired) electrons. The molecule has 1 unspecified atom stereocenters. The highest BCUT2D eigenvalue weighted by atomic mass is 16.5. The predicted octanol–water partition coefficient (Wildman–Crippen LogP) is 4.47. The van der Waals surface area contributed by atoms with Crippen LogP contribution in [0.15, 0.2) is 78.9 Å². The van der Waals surface area contributed by atoms with Gasteiger partial charge in [-0.3, -0.25) is 0 Å². The number of benzene rings is 3. The minimum atomic E-state index is 0.206. The number of ether oxygens (including phenoxy) is 1. The summed E-state index contributed by atoms with van der Waals surface area (Å²) in [4.78, 5) is 0. The zero-order chi connectivity index (χ0) is 16.8. The molecule has 0 amide bonds. The molecule has 3 nitrogen and oxygen atoms in total. The summed E-state index contributed by atoms with van der Waals surface area (Å²) < 4.78 is 5.89. The van der Waals surface area contributed by atoms with Crippen LogP contribution in [0.2, 0.25) is 0 Å². The Morgan fingerprint density at radius 2 is 1.54 bits per heavy atom. The first-order valence-electron chi connectivity index (χ1n) is 8.05. The lowest BCUT2D eigenvalue weighted by Gasteiger charge is -2.16. The Hall–Kier alpha value is -2.78. The topological polar surface area (TPSA) is 55.5 Å². The van der Waals surface area contributed by atoms with Gasteiger partial charge in [0.05, 0.1) is 0 Å². The second-order valence-corrected chi connectivity index (χ2v) is 5.79. The Kier molecular flexibility index (Phi) is 5.14. The SMILES string of the molecule is NCC(Cc1cccc(Oc2ccccc2)c1)c1ccc(O)cc1. The van der Waals surface area contributed by atoms with E-state index in [1.165, 1.54) is 5.56 Å². The second-order valence-electron chi connectivity index (χ2n) is 5.79. The highest BCUT2D eigenvalue weighted by Crippen LogP contribution is 2.26. The lowest BCUT2D eigenvalue weighted by atomic mass is 9.92. The fourth-order valence-electron chi connectivity index (χ4n) is 2.73. The first kappa shape index (κ1) is 16.1. The molecule has 24 heavy (non-hydrogen) atoms. The molecule has 0 fully saturated rings. The molecule has 3 N–H and O–H groups in total. The van der Waals surface area contributed by atoms with Crippen molar-refractivity contribution in [2.24, 2.45) is 5.73 Å². The number of nitrogens with two attached hydrogens (primary N) is 1. The maximum absolute atomic E-state index is 9.43. The van der Waals surface area contributed by atoms with E-state index in [1.807, 2.05) is 54.6 Å². The smallest absolute Gasteiger partial charge is 0.127 e. The van der Waals surface area contributed by atoms with Gasteiger partial charge in [0.1, 0.15) is 17.2 Å². The van der Waals surface area contributed by atoms with Crippen LogP contribution >= 0.6 is 0 Å². The number of phenols is 1. The highest BCUT2D eigenvalue weighted by Gasteiger charge is 2.11. The van der Waals surface area contributed by atoms with Crippen molar-refractivity contribution in [3.8, 4) is 17.2 Å². The Morgan fingerprint density at radius 3 is 2.25 bits per heavy atom. The summed E-state index contributed by atoms with van der Waals surface area (Å²) in [6.07, 6.45) is 0.827. The average molecular weight is 319 g/mol. The van der Waals surface area contributed by atoms with Gasteiger partial charge in [-0.2, -0.15) is 0 Å². The minimum Gasteiger partial charge on any atom is -0.508 e. The molecule has 0 aliphatic rings. The van der Waals surface area contributed by atoms with Crippen molar-refractivity contribution in [1.82, 2.24) is 0 Å². The molecule has 0 aromatic heterocycles. The van der Waals surface area contributed by atoms with E-state index in [1.54, 1.807) is 12.1 Å². The van der Waals surface area contributed by atoms with Crippen LogP contribution < -0.4 is 10.5 Å². The standard InChI is InChI=1S/C21H21NO2/c22-15-18(17-9-11-19(23)12-10-17)13-16-5-4-8-21(14-16)24-20-6-2-1-3-7-20/h1-12,14,18,23H,13,15,22H2. The van der Waals surface area contributed by atoms with Crippen LogP contribution in [0.1, 0.15) is 17.0 Å². The summed E-state index contributed by atoms with van der Waals surface area (Å²) in [6.45, 7) is 0.550. The van der Waals surface area contributed by atoms with Crippen molar-refractivity contribution in [1.29, 1.82) is 0 Å². The number of rotatable bonds is 6. The van der Waals surface area contributed by atoms with Crippen LogP contribution in [0.5, 0.6) is 17.2 Å². The van der Waals surface area contributed by atoms with E-state index in [-0.39, 0.29) is 11.7 Å². The van der Waals surface area contributed by atoms with E-state index in [0.717, 1.165) is 23.5 Å². The van der Waals surface area contributed by atoms with E-state index < -0.39 is 0 Å². The summed E-state index contributed by atoms with van der Waals surface area (Å²) in [5.41, 5.74) is 8.26. The molecule has 0 saturated heterocycles. The molecule has 0 heterocycles. The Bertz CT molecular complexity index is 769. The number of hydrogen-bond acceptors (Lipinski definition) is 3. The summed E-state index contributed by atoms with van der Waals surface area (Å²) in [6, 6.07) is 25.1. The Morgan fingerprint density at radius 1 is 0.833 bits per heavy atom. The number of aromatic hydroxyl groups is 1. The van der Waals surface area contributed by atoms with Gasteiger partial charge in [-0.05, 0) is 60.5 Å². The van der Waals surface area contributed by atoms with Gasteiger partial charge in [0.15, 0.2) is 0 Å². The lowest BCUT2D eigenvalue weighted by molar-refractivity contribution is 0.475. The summed E-state index contributed by atoms with van der Waals surface area (Å²) in [5, 5.41) is 9.43.